The zero-order chi connectivity index (χ0) is 13.9. The number of aryl methyl sites for hydroxylation is 1. The second-order valence-electron chi connectivity index (χ2n) is 5.52. The van der Waals surface area contributed by atoms with Gasteiger partial charge in [-0.3, -0.25) is 0 Å². The topological polar surface area (TPSA) is 35.1 Å². The van der Waals surface area contributed by atoms with E-state index in [-0.39, 0.29) is 10.8 Å². The van der Waals surface area contributed by atoms with Crippen LogP contribution >= 0.6 is 15.9 Å². The van der Waals surface area contributed by atoms with Crippen molar-refractivity contribution in [2.45, 2.75) is 51.8 Å². The second kappa shape index (κ2) is 6.42. The third-order valence-electron chi connectivity index (χ3n) is 2.68. The first-order valence-electron chi connectivity index (χ1n) is 6.19. The molecule has 0 spiro atoms. The molecule has 0 aliphatic heterocycles. The molecule has 1 N–H and O–H groups in total. The van der Waals surface area contributed by atoms with Crippen molar-refractivity contribution >= 4 is 27.3 Å². The molecule has 0 fully saturated rings. The number of halogens is 1. The lowest BCUT2D eigenvalue weighted by Crippen LogP contribution is -2.41. The molecule has 18 heavy (non-hydrogen) atoms. The number of hydrogen-bond acceptors (Lipinski definition) is 2. The predicted molar refractivity (Wildman–Crippen MR) is 82.9 cm³/mol. The summed E-state index contributed by atoms with van der Waals surface area (Å²) in [6.45, 7) is 10.1. The first-order valence-corrected chi connectivity index (χ1v) is 8.13. The Morgan fingerprint density at radius 1 is 1.33 bits per heavy atom. The van der Waals surface area contributed by atoms with Gasteiger partial charge in [0.25, 0.3) is 0 Å². The Bertz CT molecular complexity index is 383. The van der Waals surface area contributed by atoms with Crippen molar-refractivity contribution in [3.63, 3.8) is 0 Å². The van der Waals surface area contributed by atoms with Gasteiger partial charge >= 0.3 is 0 Å². The van der Waals surface area contributed by atoms with Gasteiger partial charge in [0.2, 0.25) is 0 Å². The van der Waals surface area contributed by atoms with Gasteiger partial charge < -0.3 is 4.55 Å². The highest BCUT2D eigenvalue weighted by Gasteiger charge is 2.29. The largest absolute Gasteiger partial charge is 0.598 e. The quantitative estimate of drug-likeness (QED) is 0.836. The lowest BCUT2D eigenvalue weighted by Gasteiger charge is -2.28. The highest BCUT2D eigenvalue weighted by molar-refractivity contribution is 9.10. The van der Waals surface area contributed by atoms with E-state index >= 15 is 0 Å². The SMILES string of the molecule is CCC(N[S+]([O-])C(C)(C)C)c1cc(C)cc(Br)c1. The molecule has 0 aliphatic rings. The van der Waals surface area contributed by atoms with Crippen molar-refractivity contribution in [2.75, 3.05) is 0 Å². The third kappa shape index (κ3) is 4.57. The van der Waals surface area contributed by atoms with Crippen molar-refractivity contribution in [1.29, 1.82) is 0 Å². The summed E-state index contributed by atoms with van der Waals surface area (Å²) in [4.78, 5) is 0. The Hall–Kier alpha value is -0.0300. The van der Waals surface area contributed by atoms with Crippen LogP contribution in [0.15, 0.2) is 22.7 Å². The van der Waals surface area contributed by atoms with Gasteiger partial charge in [-0.25, -0.2) is 0 Å². The van der Waals surface area contributed by atoms with E-state index < -0.39 is 11.4 Å². The minimum atomic E-state index is -1.05. The van der Waals surface area contributed by atoms with Gasteiger partial charge in [-0.05, 0) is 57.4 Å². The maximum atomic E-state index is 12.2. The highest BCUT2D eigenvalue weighted by Crippen LogP contribution is 2.25. The van der Waals surface area contributed by atoms with Crippen molar-refractivity contribution in [3.8, 4) is 0 Å². The van der Waals surface area contributed by atoms with Crippen LogP contribution in [-0.4, -0.2) is 9.30 Å². The molecule has 0 saturated carbocycles. The molecule has 2 atom stereocenters. The molecule has 2 unspecified atom stereocenters. The third-order valence-corrected chi connectivity index (χ3v) is 4.75. The molecule has 0 amide bonds. The van der Waals surface area contributed by atoms with E-state index in [1.165, 1.54) is 11.1 Å². The van der Waals surface area contributed by atoms with Crippen LogP contribution < -0.4 is 4.72 Å². The Labute approximate surface area is 122 Å². The molecule has 0 bridgehead atoms. The number of benzene rings is 1. The molecule has 0 heterocycles. The van der Waals surface area contributed by atoms with Gasteiger partial charge in [0.05, 0.1) is 6.04 Å². The fourth-order valence-electron chi connectivity index (χ4n) is 1.66. The Morgan fingerprint density at radius 2 is 1.94 bits per heavy atom. The highest BCUT2D eigenvalue weighted by atomic mass is 79.9. The molecular weight excluding hydrogens is 310 g/mol. The van der Waals surface area contributed by atoms with Crippen LogP contribution in [0.2, 0.25) is 0 Å². The zero-order valence-corrected chi connectivity index (χ0v) is 14.1. The molecule has 0 aliphatic carbocycles. The van der Waals surface area contributed by atoms with E-state index in [1.807, 2.05) is 20.8 Å². The van der Waals surface area contributed by atoms with Crippen LogP contribution in [0.1, 0.15) is 51.3 Å². The number of nitrogens with one attached hydrogen (secondary N) is 1. The zero-order valence-electron chi connectivity index (χ0n) is 11.7. The minimum absolute atomic E-state index is 0.126. The average molecular weight is 332 g/mol. The summed E-state index contributed by atoms with van der Waals surface area (Å²) in [7, 11) is 0. The van der Waals surface area contributed by atoms with E-state index in [9.17, 15) is 4.55 Å². The molecule has 102 valence electrons. The van der Waals surface area contributed by atoms with Crippen molar-refractivity contribution < 1.29 is 4.55 Å². The van der Waals surface area contributed by atoms with E-state index in [0.717, 1.165) is 10.9 Å². The molecule has 1 aromatic rings. The number of hydrogen-bond donors (Lipinski definition) is 1. The van der Waals surface area contributed by atoms with E-state index in [1.54, 1.807) is 0 Å². The van der Waals surface area contributed by atoms with Gasteiger partial charge in [-0.2, -0.15) is 0 Å². The van der Waals surface area contributed by atoms with E-state index in [4.69, 9.17) is 0 Å². The standard InChI is InChI=1S/C14H22BrNOS/c1-6-13(16-18(17)14(3,4)5)11-7-10(2)8-12(15)9-11/h7-9,13,16H,6H2,1-5H3. The second-order valence-corrected chi connectivity index (χ2v) is 8.44. The summed E-state index contributed by atoms with van der Waals surface area (Å²) in [5.74, 6) is 0. The first-order chi connectivity index (χ1) is 8.24. The van der Waals surface area contributed by atoms with E-state index in [0.29, 0.717) is 0 Å². The lowest BCUT2D eigenvalue weighted by atomic mass is 10.0. The van der Waals surface area contributed by atoms with Gasteiger partial charge in [-0.15, -0.1) is 4.72 Å². The van der Waals surface area contributed by atoms with Crippen LogP contribution in [0, 0.1) is 6.92 Å². The van der Waals surface area contributed by atoms with E-state index in [2.05, 4.69) is 52.7 Å². The summed E-state index contributed by atoms with van der Waals surface area (Å²) < 4.78 is 16.2. The van der Waals surface area contributed by atoms with Gasteiger partial charge in [0, 0.05) is 15.8 Å². The average Bonchev–Trinajstić information content (AvgIpc) is 2.22. The molecule has 0 radical (unpaired) electrons. The molecular formula is C14H22BrNOS. The maximum Gasteiger partial charge on any atom is 0.136 e. The molecule has 0 saturated heterocycles. The summed E-state index contributed by atoms with van der Waals surface area (Å²) >= 11 is 2.47. The summed E-state index contributed by atoms with van der Waals surface area (Å²) in [6.07, 6.45) is 0.914. The molecule has 1 aromatic carbocycles. The van der Waals surface area contributed by atoms with Crippen LogP contribution in [0.4, 0.5) is 0 Å². The normalized spacial score (nSPS) is 15.5. The Balaban J connectivity index is 2.89. The Kier molecular flexibility index (Phi) is 5.71. The predicted octanol–water partition coefficient (Wildman–Crippen LogP) is 4.26. The maximum absolute atomic E-state index is 12.2. The van der Waals surface area contributed by atoms with Crippen LogP contribution in [-0.2, 0) is 11.4 Å². The lowest BCUT2D eigenvalue weighted by molar-refractivity contribution is 0.518. The smallest absolute Gasteiger partial charge is 0.136 e. The van der Waals surface area contributed by atoms with Crippen molar-refractivity contribution in [3.05, 3.63) is 33.8 Å². The fraction of sp³-hybridized carbons (Fsp3) is 0.571. The van der Waals surface area contributed by atoms with Crippen LogP contribution in [0.5, 0.6) is 0 Å². The number of rotatable bonds is 4. The summed E-state index contributed by atoms with van der Waals surface area (Å²) in [5.41, 5.74) is 2.39. The molecule has 1 rings (SSSR count). The van der Waals surface area contributed by atoms with Crippen molar-refractivity contribution in [1.82, 2.24) is 4.72 Å². The monoisotopic (exact) mass is 331 g/mol. The first kappa shape index (κ1) is 16.0. The van der Waals surface area contributed by atoms with Gasteiger partial charge in [0.1, 0.15) is 4.75 Å². The van der Waals surface area contributed by atoms with Gasteiger partial charge in [-0.1, -0.05) is 28.9 Å². The summed E-state index contributed by atoms with van der Waals surface area (Å²) in [6, 6.07) is 6.44. The Morgan fingerprint density at radius 3 is 2.39 bits per heavy atom. The molecule has 0 aromatic heterocycles. The van der Waals surface area contributed by atoms with Crippen LogP contribution in [0.25, 0.3) is 0 Å². The summed E-state index contributed by atoms with van der Waals surface area (Å²) in [5, 5.41) is 0. The fourth-order valence-corrected chi connectivity index (χ4v) is 3.20. The molecule has 4 heteroatoms. The minimum Gasteiger partial charge on any atom is -0.598 e. The van der Waals surface area contributed by atoms with Crippen LogP contribution in [0.3, 0.4) is 0 Å². The molecule has 2 nitrogen and oxygen atoms in total. The van der Waals surface area contributed by atoms with Gasteiger partial charge in [0.15, 0.2) is 0 Å². The van der Waals surface area contributed by atoms with Crippen molar-refractivity contribution in [2.24, 2.45) is 0 Å².